The van der Waals surface area contributed by atoms with Gasteiger partial charge in [0, 0.05) is 49.7 Å². The SMILES string of the molecule is NCCNc1cccc(C(c2ccc(F)cc2)C(c2cccnc2)c2cccnc2)n1. The molecule has 4 aromatic rings. The van der Waals surface area contributed by atoms with Gasteiger partial charge in [0.05, 0.1) is 5.69 Å². The summed E-state index contributed by atoms with van der Waals surface area (Å²) in [6, 6.07) is 20.5. The fourth-order valence-electron chi connectivity index (χ4n) is 3.82. The highest BCUT2D eigenvalue weighted by atomic mass is 19.1. The highest BCUT2D eigenvalue weighted by Gasteiger charge is 2.30. The van der Waals surface area contributed by atoms with Crippen LogP contribution in [0.4, 0.5) is 10.2 Å². The van der Waals surface area contributed by atoms with E-state index in [4.69, 9.17) is 10.7 Å². The Labute approximate surface area is 181 Å². The Hall–Kier alpha value is -3.64. The third-order valence-electron chi connectivity index (χ3n) is 5.19. The second kappa shape index (κ2) is 9.91. The van der Waals surface area contributed by atoms with Crippen molar-refractivity contribution in [2.45, 2.75) is 11.8 Å². The maximum Gasteiger partial charge on any atom is 0.126 e. The molecule has 1 atom stereocenters. The standard InChI is InChI=1S/C25H24FN5/c26-21-10-8-18(9-11-21)25(22-6-1-7-23(31-22)30-15-12-27)24(19-4-2-13-28-16-19)20-5-3-14-29-17-20/h1-11,13-14,16-17,24-25H,12,15,27H2,(H,30,31). The van der Waals surface area contributed by atoms with Gasteiger partial charge in [-0.05, 0) is 53.1 Å². The normalized spacial score (nSPS) is 12.0. The lowest BCUT2D eigenvalue weighted by Crippen LogP contribution is -2.18. The lowest BCUT2D eigenvalue weighted by Gasteiger charge is -2.28. The van der Waals surface area contributed by atoms with Crippen molar-refractivity contribution in [1.82, 2.24) is 15.0 Å². The number of pyridine rings is 3. The summed E-state index contributed by atoms with van der Waals surface area (Å²) in [5.41, 5.74) is 9.54. The van der Waals surface area contributed by atoms with Gasteiger partial charge in [-0.2, -0.15) is 0 Å². The summed E-state index contributed by atoms with van der Waals surface area (Å²) in [7, 11) is 0. The molecule has 0 bridgehead atoms. The minimum atomic E-state index is -0.270. The Balaban J connectivity index is 1.89. The highest BCUT2D eigenvalue weighted by molar-refractivity contribution is 5.44. The smallest absolute Gasteiger partial charge is 0.126 e. The van der Waals surface area contributed by atoms with Crippen LogP contribution in [0.3, 0.4) is 0 Å². The van der Waals surface area contributed by atoms with Crippen molar-refractivity contribution in [3.63, 3.8) is 0 Å². The van der Waals surface area contributed by atoms with Crippen LogP contribution in [-0.2, 0) is 0 Å². The lowest BCUT2D eigenvalue weighted by molar-refractivity contribution is 0.622. The first kappa shape index (κ1) is 20.6. The van der Waals surface area contributed by atoms with E-state index in [1.54, 1.807) is 12.4 Å². The molecule has 4 rings (SSSR count). The van der Waals surface area contributed by atoms with Crippen LogP contribution in [0.25, 0.3) is 0 Å². The minimum Gasteiger partial charge on any atom is -0.369 e. The fourth-order valence-corrected chi connectivity index (χ4v) is 3.82. The van der Waals surface area contributed by atoms with E-state index in [9.17, 15) is 4.39 Å². The molecule has 3 aromatic heterocycles. The van der Waals surface area contributed by atoms with Gasteiger partial charge in [-0.3, -0.25) is 9.97 Å². The molecule has 0 saturated carbocycles. The largest absolute Gasteiger partial charge is 0.369 e. The second-order valence-electron chi connectivity index (χ2n) is 7.24. The van der Waals surface area contributed by atoms with Crippen LogP contribution < -0.4 is 11.1 Å². The number of hydrogen-bond acceptors (Lipinski definition) is 5. The molecule has 156 valence electrons. The first-order chi connectivity index (χ1) is 15.3. The molecular weight excluding hydrogens is 389 g/mol. The molecule has 0 aliphatic carbocycles. The van der Waals surface area contributed by atoms with Crippen LogP contribution in [0.5, 0.6) is 0 Å². The molecule has 0 spiro atoms. The lowest BCUT2D eigenvalue weighted by atomic mass is 9.76. The van der Waals surface area contributed by atoms with Gasteiger partial charge >= 0.3 is 0 Å². The third-order valence-corrected chi connectivity index (χ3v) is 5.19. The average Bonchev–Trinajstić information content (AvgIpc) is 2.83. The molecule has 5 nitrogen and oxygen atoms in total. The second-order valence-corrected chi connectivity index (χ2v) is 7.24. The Bertz CT molecular complexity index is 1050. The zero-order valence-corrected chi connectivity index (χ0v) is 17.0. The van der Waals surface area contributed by atoms with E-state index in [0.717, 1.165) is 28.2 Å². The van der Waals surface area contributed by atoms with Crippen molar-refractivity contribution in [3.05, 3.63) is 120 Å². The molecule has 6 heteroatoms. The van der Waals surface area contributed by atoms with E-state index >= 15 is 0 Å². The minimum absolute atomic E-state index is 0.106. The molecule has 0 saturated heterocycles. The van der Waals surface area contributed by atoms with Crippen molar-refractivity contribution in [3.8, 4) is 0 Å². The summed E-state index contributed by atoms with van der Waals surface area (Å²) >= 11 is 0. The number of hydrogen-bond donors (Lipinski definition) is 2. The highest BCUT2D eigenvalue weighted by Crippen LogP contribution is 2.42. The Morgan fingerprint density at radius 1 is 0.774 bits per heavy atom. The molecule has 1 unspecified atom stereocenters. The number of nitrogens with two attached hydrogens (primary N) is 1. The molecule has 0 aliphatic heterocycles. The molecule has 3 heterocycles. The van der Waals surface area contributed by atoms with E-state index < -0.39 is 0 Å². The van der Waals surface area contributed by atoms with Crippen LogP contribution in [0.15, 0.2) is 91.5 Å². The molecule has 31 heavy (non-hydrogen) atoms. The Kier molecular flexibility index (Phi) is 6.59. The van der Waals surface area contributed by atoms with Gasteiger partial charge in [-0.25, -0.2) is 9.37 Å². The summed E-state index contributed by atoms with van der Waals surface area (Å²) in [5, 5.41) is 3.25. The summed E-state index contributed by atoms with van der Waals surface area (Å²) in [6.45, 7) is 1.15. The number of aromatic nitrogens is 3. The molecule has 1 aromatic carbocycles. The average molecular weight is 414 g/mol. The topological polar surface area (TPSA) is 76.7 Å². The summed E-state index contributed by atoms with van der Waals surface area (Å²) in [4.78, 5) is 13.6. The van der Waals surface area contributed by atoms with Crippen molar-refractivity contribution in [2.75, 3.05) is 18.4 Å². The van der Waals surface area contributed by atoms with Crippen LogP contribution in [0.2, 0.25) is 0 Å². The van der Waals surface area contributed by atoms with Crippen LogP contribution in [-0.4, -0.2) is 28.0 Å². The van der Waals surface area contributed by atoms with Gasteiger partial charge < -0.3 is 11.1 Å². The van der Waals surface area contributed by atoms with Gasteiger partial charge in [0.1, 0.15) is 11.6 Å². The maximum atomic E-state index is 13.7. The summed E-state index contributed by atoms with van der Waals surface area (Å²) < 4.78 is 13.7. The predicted molar refractivity (Wildman–Crippen MR) is 120 cm³/mol. The van der Waals surface area contributed by atoms with Crippen molar-refractivity contribution in [2.24, 2.45) is 5.73 Å². The Morgan fingerprint density at radius 3 is 2.03 bits per heavy atom. The molecule has 0 radical (unpaired) electrons. The van der Waals surface area contributed by atoms with Crippen molar-refractivity contribution >= 4 is 5.82 Å². The van der Waals surface area contributed by atoms with Crippen LogP contribution in [0.1, 0.15) is 34.2 Å². The summed E-state index contributed by atoms with van der Waals surface area (Å²) in [5.74, 6) is 0.207. The zero-order chi connectivity index (χ0) is 21.5. The number of benzene rings is 1. The van der Waals surface area contributed by atoms with Gasteiger partial charge in [0.2, 0.25) is 0 Å². The number of nitrogens with one attached hydrogen (secondary N) is 1. The summed E-state index contributed by atoms with van der Waals surface area (Å²) in [6.07, 6.45) is 7.24. The van der Waals surface area contributed by atoms with Crippen LogP contribution >= 0.6 is 0 Å². The number of rotatable bonds is 8. The van der Waals surface area contributed by atoms with E-state index in [1.807, 2.05) is 54.9 Å². The number of halogens is 1. The van der Waals surface area contributed by atoms with Crippen molar-refractivity contribution < 1.29 is 4.39 Å². The fraction of sp³-hybridized carbons (Fsp3) is 0.160. The quantitative estimate of drug-likeness (QED) is 0.449. The monoisotopic (exact) mass is 413 g/mol. The third kappa shape index (κ3) is 4.92. The van der Waals surface area contributed by atoms with E-state index in [0.29, 0.717) is 13.1 Å². The first-order valence-corrected chi connectivity index (χ1v) is 10.2. The van der Waals surface area contributed by atoms with Crippen LogP contribution in [0, 0.1) is 5.82 Å². The van der Waals surface area contributed by atoms with Gasteiger partial charge in [-0.15, -0.1) is 0 Å². The molecule has 3 N–H and O–H groups in total. The number of anilines is 1. The molecule has 0 amide bonds. The van der Waals surface area contributed by atoms with E-state index in [-0.39, 0.29) is 17.7 Å². The maximum absolute atomic E-state index is 13.7. The zero-order valence-electron chi connectivity index (χ0n) is 17.0. The van der Waals surface area contributed by atoms with E-state index in [1.165, 1.54) is 12.1 Å². The van der Waals surface area contributed by atoms with Gasteiger partial charge in [0.25, 0.3) is 0 Å². The van der Waals surface area contributed by atoms with Gasteiger partial charge in [-0.1, -0.05) is 30.3 Å². The number of nitrogens with zero attached hydrogens (tertiary/aromatic N) is 3. The molecular formula is C25H24FN5. The van der Waals surface area contributed by atoms with E-state index in [2.05, 4.69) is 27.4 Å². The van der Waals surface area contributed by atoms with Gasteiger partial charge in [0.15, 0.2) is 0 Å². The Morgan fingerprint density at radius 2 is 1.45 bits per heavy atom. The predicted octanol–water partition coefficient (Wildman–Crippen LogP) is 4.35. The molecule has 0 aliphatic rings. The first-order valence-electron chi connectivity index (χ1n) is 10.2. The van der Waals surface area contributed by atoms with Crippen molar-refractivity contribution in [1.29, 1.82) is 0 Å². The molecule has 0 fully saturated rings.